The van der Waals surface area contributed by atoms with E-state index in [4.69, 9.17) is 16.3 Å². The Morgan fingerprint density at radius 1 is 1.47 bits per heavy atom. The molecule has 0 radical (unpaired) electrons. The molecular formula is C13H18ClNO2. The predicted molar refractivity (Wildman–Crippen MR) is 69.3 cm³/mol. The summed E-state index contributed by atoms with van der Waals surface area (Å²) in [5, 5.41) is 3.62. The van der Waals surface area contributed by atoms with Gasteiger partial charge < -0.3 is 10.1 Å². The van der Waals surface area contributed by atoms with E-state index in [0.717, 1.165) is 12.0 Å². The molecule has 1 atom stereocenters. The van der Waals surface area contributed by atoms with E-state index in [0.29, 0.717) is 11.6 Å². The monoisotopic (exact) mass is 255 g/mol. The number of likely N-dealkylation sites (N-methyl/N-ethyl adjacent to an activating group) is 1. The number of rotatable bonds is 7. The molecule has 0 aliphatic rings. The number of hydrogen-bond donors (Lipinski definition) is 1. The Labute approximate surface area is 107 Å². The van der Waals surface area contributed by atoms with Gasteiger partial charge in [0.15, 0.2) is 5.78 Å². The first-order valence-corrected chi connectivity index (χ1v) is 6.08. The summed E-state index contributed by atoms with van der Waals surface area (Å²) in [6.45, 7) is 2.45. The van der Waals surface area contributed by atoms with Gasteiger partial charge in [-0.15, -0.1) is 0 Å². The van der Waals surface area contributed by atoms with Crippen molar-refractivity contribution >= 4 is 17.4 Å². The zero-order chi connectivity index (χ0) is 12.7. The molecule has 0 saturated heterocycles. The van der Waals surface area contributed by atoms with Gasteiger partial charge in [-0.3, -0.25) is 4.79 Å². The van der Waals surface area contributed by atoms with Crippen molar-refractivity contribution in [3.63, 3.8) is 0 Å². The largest absolute Gasteiger partial charge is 0.369 e. The molecule has 0 bridgehead atoms. The molecule has 94 valence electrons. The van der Waals surface area contributed by atoms with Crippen molar-refractivity contribution in [1.29, 1.82) is 0 Å². The fourth-order valence-corrected chi connectivity index (χ4v) is 1.76. The van der Waals surface area contributed by atoms with E-state index < -0.39 is 0 Å². The highest BCUT2D eigenvalue weighted by Crippen LogP contribution is 2.15. The molecule has 0 saturated carbocycles. The molecule has 0 aliphatic carbocycles. The number of benzene rings is 1. The van der Waals surface area contributed by atoms with Crippen molar-refractivity contribution in [3.05, 3.63) is 34.9 Å². The van der Waals surface area contributed by atoms with Gasteiger partial charge in [-0.25, -0.2) is 0 Å². The van der Waals surface area contributed by atoms with Gasteiger partial charge in [0, 0.05) is 5.02 Å². The first-order chi connectivity index (χ1) is 8.19. The third kappa shape index (κ3) is 4.46. The smallest absolute Gasteiger partial charge is 0.175 e. The summed E-state index contributed by atoms with van der Waals surface area (Å²) in [5.74, 6) is 0.0713. The summed E-state index contributed by atoms with van der Waals surface area (Å²) in [5.41, 5.74) is 0.902. The molecule has 1 aromatic rings. The van der Waals surface area contributed by atoms with Crippen LogP contribution in [0.15, 0.2) is 24.3 Å². The fourth-order valence-electron chi connectivity index (χ4n) is 1.57. The molecule has 0 aromatic heterocycles. The molecular weight excluding hydrogens is 238 g/mol. The Bertz CT molecular complexity index is 364. The minimum Gasteiger partial charge on any atom is -0.369 e. The first-order valence-electron chi connectivity index (χ1n) is 5.70. The third-order valence-corrected chi connectivity index (χ3v) is 2.97. The van der Waals surface area contributed by atoms with Crippen LogP contribution in [0.3, 0.4) is 0 Å². The maximum Gasteiger partial charge on any atom is 0.175 e. The molecule has 17 heavy (non-hydrogen) atoms. The lowest BCUT2D eigenvalue weighted by Gasteiger charge is -2.12. The molecule has 4 heteroatoms. The van der Waals surface area contributed by atoms with E-state index in [1.165, 1.54) is 0 Å². The molecule has 0 spiro atoms. The third-order valence-electron chi connectivity index (χ3n) is 2.61. The van der Waals surface area contributed by atoms with Gasteiger partial charge in [0.05, 0.1) is 12.6 Å². The van der Waals surface area contributed by atoms with E-state index in [9.17, 15) is 4.79 Å². The summed E-state index contributed by atoms with van der Waals surface area (Å²) in [7, 11) is 1.78. The topological polar surface area (TPSA) is 38.3 Å². The first kappa shape index (κ1) is 14.2. The van der Waals surface area contributed by atoms with Crippen LogP contribution in [-0.4, -0.2) is 25.5 Å². The van der Waals surface area contributed by atoms with Crippen molar-refractivity contribution in [1.82, 2.24) is 5.32 Å². The Morgan fingerprint density at radius 2 is 2.18 bits per heavy atom. The molecule has 0 heterocycles. The second-order valence-electron chi connectivity index (χ2n) is 3.80. The highest BCUT2D eigenvalue weighted by Gasteiger charge is 2.13. The van der Waals surface area contributed by atoms with Gasteiger partial charge in [-0.05, 0) is 25.1 Å². The second-order valence-corrected chi connectivity index (χ2v) is 4.21. The summed E-state index contributed by atoms with van der Waals surface area (Å²) in [4.78, 5) is 11.7. The van der Waals surface area contributed by atoms with Crippen LogP contribution in [0.5, 0.6) is 0 Å². The van der Waals surface area contributed by atoms with Crippen LogP contribution in [0.2, 0.25) is 5.02 Å². The lowest BCUT2D eigenvalue weighted by molar-refractivity contribution is -0.126. The maximum absolute atomic E-state index is 11.7. The van der Waals surface area contributed by atoms with Crippen LogP contribution in [-0.2, 0) is 16.1 Å². The molecule has 0 aliphatic heterocycles. The van der Waals surface area contributed by atoms with Crippen molar-refractivity contribution in [3.8, 4) is 0 Å². The van der Waals surface area contributed by atoms with Gasteiger partial charge in [0.1, 0.15) is 6.61 Å². The van der Waals surface area contributed by atoms with Gasteiger partial charge in [0.25, 0.3) is 0 Å². The lowest BCUT2D eigenvalue weighted by Crippen LogP contribution is -2.35. The molecule has 0 amide bonds. The van der Waals surface area contributed by atoms with Crippen LogP contribution >= 0.6 is 11.6 Å². The summed E-state index contributed by atoms with van der Waals surface area (Å²) >= 11 is 5.98. The molecule has 0 fully saturated rings. The van der Waals surface area contributed by atoms with E-state index in [-0.39, 0.29) is 18.4 Å². The number of carbonyl (C=O) groups is 1. The number of carbonyl (C=O) groups excluding carboxylic acids is 1. The SMILES string of the molecule is CC[C@H](NC)C(=O)COCc1ccccc1Cl. The minimum absolute atomic E-state index is 0.0713. The van der Waals surface area contributed by atoms with Crippen molar-refractivity contribution in [2.75, 3.05) is 13.7 Å². The van der Waals surface area contributed by atoms with Crippen LogP contribution in [0.4, 0.5) is 0 Å². The molecule has 0 unspecified atom stereocenters. The maximum atomic E-state index is 11.7. The highest BCUT2D eigenvalue weighted by atomic mass is 35.5. The number of Topliss-reactive ketones (excluding diaryl/α,β-unsaturated/α-hetero) is 1. The number of halogens is 1. The summed E-state index contributed by atoms with van der Waals surface area (Å²) in [6.07, 6.45) is 0.769. The van der Waals surface area contributed by atoms with Crippen LogP contribution in [0.1, 0.15) is 18.9 Å². The van der Waals surface area contributed by atoms with Gasteiger partial charge in [0.2, 0.25) is 0 Å². The number of nitrogens with one attached hydrogen (secondary N) is 1. The van der Waals surface area contributed by atoms with Crippen molar-refractivity contribution < 1.29 is 9.53 Å². The normalized spacial score (nSPS) is 12.4. The van der Waals surface area contributed by atoms with E-state index >= 15 is 0 Å². The predicted octanol–water partition coefficient (Wildman–Crippen LogP) is 2.42. The van der Waals surface area contributed by atoms with Crippen LogP contribution in [0.25, 0.3) is 0 Å². The number of ether oxygens (including phenoxy) is 1. The quantitative estimate of drug-likeness (QED) is 0.813. The van der Waals surface area contributed by atoms with Gasteiger partial charge in [-0.1, -0.05) is 36.7 Å². The van der Waals surface area contributed by atoms with Crippen molar-refractivity contribution in [2.45, 2.75) is 26.0 Å². The number of ketones is 1. The molecule has 3 nitrogen and oxygen atoms in total. The number of hydrogen-bond acceptors (Lipinski definition) is 3. The standard InChI is InChI=1S/C13H18ClNO2/c1-3-12(15-2)13(16)9-17-8-10-6-4-5-7-11(10)14/h4-7,12,15H,3,8-9H2,1-2H3/t12-/m0/s1. The Balaban J connectivity index is 2.38. The van der Waals surface area contributed by atoms with Crippen molar-refractivity contribution in [2.24, 2.45) is 0 Å². The highest BCUT2D eigenvalue weighted by molar-refractivity contribution is 6.31. The molecule has 1 N–H and O–H groups in total. The summed E-state index contributed by atoms with van der Waals surface area (Å²) < 4.78 is 5.37. The van der Waals surface area contributed by atoms with Crippen LogP contribution < -0.4 is 5.32 Å². The zero-order valence-corrected chi connectivity index (χ0v) is 11.0. The second kappa shape index (κ2) is 7.43. The fraction of sp³-hybridized carbons (Fsp3) is 0.462. The molecule has 1 aromatic carbocycles. The lowest BCUT2D eigenvalue weighted by atomic mass is 10.1. The minimum atomic E-state index is -0.124. The average Bonchev–Trinajstić information content (AvgIpc) is 2.33. The average molecular weight is 256 g/mol. The summed E-state index contributed by atoms with van der Waals surface area (Å²) in [6, 6.07) is 7.34. The van der Waals surface area contributed by atoms with Crippen LogP contribution in [0, 0.1) is 0 Å². The van der Waals surface area contributed by atoms with E-state index in [1.54, 1.807) is 7.05 Å². The molecule has 1 rings (SSSR count). The Kier molecular flexibility index (Phi) is 6.19. The Hall–Kier alpha value is -0.900. The van der Waals surface area contributed by atoms with E-state index in [2.05, 4.69) is 5.32 Å². The Morgan fingerprint density at radius 3 is 2.76 bits per heavy atom. The van der Waals surface area contributed by atoms with E-state index in [1.807, 2.05) is 31.2 Å². The van der Waals surface area contributed by atoms with Gasteiger partial charge in [-0.2, -0.15) is 0 Å². The van der Waals surface area contributed by atoms with Gasteiger partial charge >= 0.3 is 0 Å². The zero-order valence-electron chi connectivity index (χ0n) is 10.2.